The lowest BCUT2D eigenvalue weighted by molar-refractivity contribution is -0.124. The van der Waals surface area contributed by atoms with Crippen molar-refractivity contribution in [2.75, 3.05) is 6.61 Å². The molecule has 0 saturated heterocycles. The molecule has 0 amide bonds. The van der Waals surface area contributed by atoms with Crippen molar-refractivity contribution in [3.05, 3.63) is 17.3 Å². The third kappa shape index (κ3) is 3.23. The van der Waals surface area contributed by atoms with Crippen molar-refractivity contribution in [3.8, 4) is 0 Å². The van der Waals surface area contributed by atoms with Gasteiger partial charge in [-0.1, -0.05) is 27.7 Å². The molecule has 0 radical (unpaired) electrons. The molecule has 1 aliphatic carbocycles. The van der Waals surface area contributed by atoms with E-state index in [2.05, 4.69) is 38.0 Å². The number of hydrogen-bond donors (Lipinski definition) is 1. The second-order valence-corrected chi connectivity index (χ2v) is 6.96. The molecule has 1 fully saturated rings. The first-order chi connectivity index (χ1) is 9.30. The number of ether oxygens (including phenoxy) is 1. The van der Waals surface area contributed by atoms with Crippen LogP contribution in [0.25, 0.3) is 0 Å². The van der Waals surface area contributed by atoms with E-state index in [1.54, 1.807) is 0 Å². The average molecular weight is 280 g/mol. The van der Waals surface area contributed by atoms with Crippen molar-refractivity contribution in [1.82, 2.24) is 10.3 Å². The van der Waals surface area contributed by atoms with Crippen molar-refractivity contribution in [3.63, 3.8) is 0 Å². The normalized spacial score (nSPS) is 24.9. The van der Waals surface area contributed by atoms with Crippen molar-refractivity contribution in [2.24, 2.45) is 11.3 Å². The lowest BCUT2D eigenvalue weighted by atomic mass is 9.64. The van der Waals surface area contributed by atoms with E-state index in [1.165, 1.54) is 0 Å². The maximum Gasteiger partial charge on any atom is 0.208 e. The van der Waals surface area contributed by atoms with E-state index in [0.29, 0.717) is 24.6 Å². The van der Waals surface area contributed by atoms with Gasteiger partial charge in [0.25, 0.3) is 0 Å². The molecule has 2 unspecified atom stereocenters. The smallest absolute Gasteiger partial charge is 0.208 e. The molecule has 4 nitrogen and oxygen atoms in total. The van der Waals surface area contributed by atoms with Gasteiger partial charge >= 0.3 is 0 Å². The zero-order chi connectivity index (χ0) is 14.9. The quantitative estimate of drug-likeness (QED) is 0.869. The van der Waals surface area contributed by atoms with Gasteiger partial charge in [-0.2, -0.15) is 0 Å². The summed E-state index contributed by atoms with van der Waals surface area (Å²) in [6.45, 7) is 14.4. The first-order valence-electron chi connectivity index (χ1n) is 7.58. The van der Waals surface area contributed by atoms with Crippen LogP contribution in [0.5, 0.6) is 0 Å². The van der Waals surface area contributed by atoms with Crippen LogP contribution in [0.3, 0.4) is 0 Å². The molecule has 4 heteroatoms. The molecule has 1 aromatic heterocycles. The second kappa shape index (κ2) is 5.86. The Balaban J connectivity index is 1.80. The Morgan fingerprint density at radius 2 is 2.10 bits per heavy atom. The zero-order valence-electron chi connectivity index (χ0n) is 13.6. The van der Waals surface area contributed by atoms with Crippen molar-refractivity contribution < 1.29 is 9.15 Å². The first-order valence-corrected chi connectivity index (χ1v) is 7.58. The molecule has 1 N–H and O–H groups in total. The summed E-state index contributed by atoms with van der Waals surface area (Å²) in [5.41, 5.74) is 1.15. The molecule has 2 rings (SSSR count). The standard InChI is InChI=1S/C16H28N2O2/c1-10(2)9-19-14-7-13(16(14,5)6)17-8-15-18-11(3)12(4)20-15/h10,13-14,17H,7-9H2,1-6H3. The molecule has 1 heterocycles. The molecule has 1 aromatic rings. The third-order valence-electron chi connectivity index (χ3n) is 4.38. The summed E-state index contributed by atoms with van der Waals surface area (Å²) in [5, 5.41) is 3.55. The number of aromatic nitrogens is 1. The van der Waals surface area contributed by atoms with Gasteiger partial charge in [-0.3, -0.25) is 0 Å². The highest BCUT2D eigenvalue weighted by molar-refractivity contribution is 5.07. The Bertz CT molecular complexity index is 432. The molecular formula is C16H28N2O2. The lowest BCUT2D eigenvalue weighted by Gasteiger charge is -2.52. The molecule has 114 valence electrons. The maximum atomic E-state index is 5.98. The van der Waals surface area contributed by atoms with Crippen LogP contribution >= 0.6 is 0 Å². The minimum Gasteiger partial charge on any atom is -0.444 e. The van der Waals surface area contributed by atoms with E-state index in [-0.39, 0.29) is 5.41 Å². The summed E-state index contributed by atoms with van der Waals surface area (Å²) in [6, 6.07) is 0.465. The Labute approximate surface area is 122 Å². The second-order valence-electron chi connectivity index (χ2n) is 6.96. The van der Waals surface area contributed by atoms with Gasteiger partial charge < -0.3 is 14.5 Å². The topological polar surface area (TPSA) is 47.3 Å². The number of hydrogen-bond acceptors (Lipinski definition) is 4. The van der Waals surface area contributed by atoms with Gasteiger partial charge in [-0.05, 0) is 26.2 Å². The fraction of sp³-hybridized carbons (Fsp3) is 0.812. The minimum absolute atomic E-state index is 0.172. The molecule has 0 spiro atoms. The predicted molar refractivity (Wildman–Crippen MR) is 79.6 cm³/mol. The van der Waals surface area contributed by atoms with Crippen molar-refractivity contribution >= 4 is 0 Å². The Hall–Kier alpha value is -0.870. The molecule has 0 bridgehead atoms. The minimum atomic E-state index is 0.172. The van der Waals surface area contributed by atoms with E-state index in [9.17, 15) is 0 Å². The summed E-state index contributed by atoms with van der Waals surface area (Å²) in [6.07, 6.45) is 1.42. The largest absolute Gasteiger partial charge is 0.444 e. The summed E-state index contributed by atoms with van der Waals surface area (Å²) >= 11 is 0. The van der Waals surface area contributed by atoms with Crippen LogP contribution in [0.2, 0.25) is 0 Å². The van der Waals surface area contributed by atoms with E-state index in [1.807, 2.05) is 13.8 Å². The molecule has 1 aliphatic rings. The van der Waals surface area contributed by atoms with Gasteiger partial charge in [0.15, 0.2) is 0 Å². The van der Waals surface area contributed by atoms with E-state index < -0.39 is 0 Å². The van der Waals surface area contributed by atoms with Crippen LogP contribution < -0.4 is 5.32 Å². The molecule has 0 aromatic carbocycles. The van der Waals surface area contributed by atoms with E-state index in [0.717, 1.165) is 30.4 Å². The van der Waals surface area contributed by atoms with E-state index in [4.69, 9.17) is 9.15 Å². The molecular weight excluding hydrogens is 252 g/mol. The molecule has 20 heavy (non-hydrogen) atoms. The number of nitrogens with one attached hydrogen (secondary N) is 1. The maximum absolute atomic E-state index is 5.98. The summed E-state index contributed by atoms with van der Waals surface area (Å²) < 4.78 is 11.6. The third-order valence-corrected chi connectivity index (χ3v) is 4.38. The zero-order valence-corrected chi connectivity index (χ0v) is 13.6. The van der Waals surface area contributed by atoms with Gasteiger partial charge in [0.1, 0.15) is 5.76 Å². The molecule has 0 aliphatic heterocycles. The number of rotatable bonds is 6. The van der Waals surface area contributed by atoms with Crippen molar-refractivity contribution in [2.45, 2.75) is 66.7 Å². The number of aryl methyl sites for hydroxylation is 2. The van der Waals surface area contributed by atoms with Gasteiger partial charge in [0.05, 0.1) is 18.3 Å². The fourth-order valence-corrected chi connectivity index (χ4v) is 2.65. The van der Waals surface area contributed by atoms with Gasteiger partial charge in [0, 0.05) is 18.1 Å². The summed E-state index contributed by atoms with van der Waals surface area (Å²) in [4.78, 5) is 4.41. The van der Waals surface area contributed by atoms with Crippen LogP contribution in [0.4, 0.5) is 0 Å². The Kier molecular flexibility index (Phi) is 4.55. The van der Waals surface area contributed by atoms with Gasteiger partial charge in [0.2, 0.25) is 5.89 Å². The molecule has 1 saturated carbocycles. The highest BCUT2D eigenvalue weighted by atomic mass is 16.5. The van der Waals surface area contributed by atoms with Gasteiger partial charge in [-0.25, -0.2) is 4.98 Å². The highest BCUT2D eigenvalue weighted by Crippen LogP contribution is 2.43. The monoisotopic (exact) mass is 280 g/mol. The van der Waals surface area contributed by atoms with E-state index >= 15 is 0 Å². The Morgan fingerprint density at radius 1 is 1.40 bits per heavy atom. The Morgan fingerprint density at radius 3 is 2.60 bits per heavy atom. The van der Waals surface area contributed by atoms with Crippen molar-refractivity contribution in [1.29, 1.82) is 0 Å². The number of nitrogens with zero attached hydrogens (tertiary/aromatic N) is 1. The van der Waals surface area contributed by atoms with Gasteiger partial charge in [-0.15, -0.1) is 0 Å². The fourth-order valence-electron chi connectivity index (χ4n) is 2.65. The predicted octanol–water partition coefficient (Wildman–Crippen LogP) is 3.22. The summed E-state index contributed by atoms with van der Waals surface area (Å²) in [7, 11) is 0. The highest BCUT2D eigenvalue weighted by Gasteiger charge is 2.48. The number of oxazole rings is 1. The van der Waals surface area contributed by atoms with Crippen LogP contribution in [0.1, 0.15) is 51.5 Å². The SMILES string of the molecule is Cc1nc(CNC2CC(OCC(C)C)C2(C)C)oc1C. The lowest BCUT2D eigenvalue weighted by Crippen LogP contribution is -2.60. The molecule has 2 atom stereocenters. The van der Waals surface area contributed by atoms with Crippen LogP contribution in [0, 0.1) is 25.2 Å². The first kappa shape index (κ1) is 15.5. The summed E-state index contributed by atoms with van der Waals surface area (Å²) in [5.74, 6) is 2.28. The average Bonchev–Trinajstić information content (AvgIpc) is 2.66. The van der Waals surface area contributed by atoms with Crippen LogP contribution in [-0.4, -0.2) is 23.7 Å². The van der Waals surface area contributed by atoms with Crippen LogP contribution in [-0.2, 0) is 11.3 Å². The van der Waals surface area contributed by atoms with Crippen LogP contribution in [0.15, 0.2) is 4.42 Å².